The molecule has 2 aromatic heterocycles. The van der Waals surface area contributed by atoms with Gasteiger partial charge in [0.25, 0.3) is 21.8 Å². The molecule has 0 saturated carbocycles. The van der Waals surface area contributed by atoms with Gasteiger partial charge in [-0.25, -0.2) is 13.1 Å². The van der Waals surface area contributed by atoms with E-state index < -0.39 is 21.9 Å². The third kappa shape index (κ3) is 4.89. The minimum absolute atomic E-state index is 0.0255. The number of anilines is 2. The van der Waals surface area contributed by atoms with E-state index in [-0.39, 0.29) is 27.1 Å². The standard InChI is InChI=1S/C19H18ClN3O6S2/c1-9-6-12(8-14(24)25)7-10(2)16(9)21-18(26)17-13(4-5-30-17)31(27,28)23-19-15(20)11(3)22-29-19/h4-7,23H,8H2,1-3H3,(H,21,26)(H,24,25). The van der Waals surface area contributed by atoms with Gasteiger partial charge in [0.1, 0.15) is 20.5 Å². The average molecular weight is 484 g/mol. The number of carboxylic acid groups (broad SMARTS) is 1. The van der Waals surface area contributed by atoms with Crippen molar-refractivity contribution < 1.29 is 27.6 Å². The molecule has 1 amide bonds. The third-order valence-corrected chi connectivity index (χ3v) is 7.19. The number of nitrogens with zero attached hydrogens (tertiary/aromatic N) is 1. The van der Waals surface area contributed by atoms with Gasteiger partial charge in [-0.1, -0.05) is 28.9 Å². The van der Waals surface area contributed by atoms with E-state index in [0.717, 1.165) is 11.3 Å². The molecule has 31 heavy (non-hydrogen) atoms. The highest BCUT2D eigenvalue weighted by atomic mass is 35.5. The summed E-state index contributed by atoms with van der Waals surface area (Å²) >= 11 is 6.93. The van der Waals surface area contributed by atoms with Gasteiger partial charge in [-0.2, -0.15) is 0 Å². The fraction of sp³-hybridized carbons (Fsp3) is 0.211. The third-order valence-electron chi connectivity index (χ3n) is 4.33. The number of carbonyl (C=O) groups is 2. The molecule has 1 aromatic carbocycles. The molecule has 0 aliphatic carbocycles. The minimum atomic E-state index is -4.17. The van der Waals surface area contributed by atoms with Crippen molar-refractivity contribution in [3.05, 3.63) is 55.9 Å². The summed E-state index contributed by atoms with van der Waals surface area (Å²) in [7, 11) is -4.17. The van der Waals surface area contributed by atoms with E-state index in [0.29, 0.717) is 28.1 Å². The van der Waals surface area contributed by atoms with Crippen molar-refractivity contribution in [2.45, 2.75) is 32.1 Å². The normalized spacial score (nSPS) is 11.4. The Hall–Kier alpha value is -2.89. The summed E-state index contributed by atoms with van der Waals surface area (Å²) in [5, 5.41) is 16.8. The molecule has 9 nitrogen and oxygen atoms in total. The molecule has 0 bridgehead atoms. The van der Waals surface area contributed by atoms with E-state index in [1.807, 2.05) is 0 Å². The Morgan fingerprint density at radius 3 is 2.42 bits per heavy atom. The summed E-state index contributed by atoms with van der Waals surface area (Å²) in [6, 6.07) is 4.63. The number of aryl methyl sites for hydroxylation is 3. The van der Waals surface area contributed by atoms with Crippen LogP contribution in [0, 0.1) is 20.8 Å². The smallest absolute Gasteiger partial charge is 0.307 e. The first kappa shape index (κ1) is 22.8. The number of rotatable bonds is 7. The van der Waals surface area contributed by atoms with Crippen molar-refractivity contribution in [2.75, 3.05) is 10.0 Å². The zero-order valence-corrected chi connectivity index (χ0v) is 19.0. The molecule has 0 spiro atoms. The molecule has 0 aliphatic heterocycles. The van der Waals surface area contributed by atoms with Crippen LogP contribution in [0.3, 0.4) is 0 Å². The van der Waals surface area contributed by atoms with Gasteiger partial charge in [-0.15, -0.1) is 11.3 Å². The lowest BCUT2D eigenvalue weighted by molar-refractivity contribution is -0.136. The molecule has 3 rings (SSSR count). The SMILES string of the molecule is Cc1cc(CC(=O)O)cc(C)c1NC(=O)c1sccc1S(=O)(=O)Nc1onc(C)c1Cl. The molecule has 3 aromatic rings. The summed E-state index contributed by atoms with van der Waals surface area (Å²) in [5.74, 6) is -1.82. The van der Waals surface area contributed by atoms with E-state index >= 15 is 0 Å². The average Bonchev–Trinajstić information content (AvgIpc) is 3.27. The van der Waals surface area contributed by atoms with Gasteiger partial charge >= 0.3 is 5.97 Å². The van der Waals surface area contributed by atoms with Gasteiger partial charge in [-0.3, -0.25) is 9.59 Å². The first-order valence-electron chi connectivity index (χ1n) is 8.85. The second-order valence-corrected chi connectivity index (χ2v) is 9.70. The Kier molecular flexibility index (Phi) is 6.39. The number of aromatic nitrogens is 1. The molecule has 0 atom stereocenters. The summed E-state index contributed by atoms with van der Waals surface area (Å²) < 4.78 is 32.7. The predicted molar refractivity (Wildman–Crippen MR) is 117 cm³/mol. The maximum Gasteiger partial charge on any atom is 0.307 e. The molecule has 3 N–H and O–H groups in total. The van der Waals surface area contributed by atoms with Crippen LogP contribution in [0.2, 0.25) is 5.02 Å². The maximum atomic E-state index is 12.9. The molecule has 0 unspecified atom stereocenters. The molecule has 12 heteroatoms. The molecule has 164 valence electrons. The fourth-order valence-corrected chi connectivity index (χ4v) is 5.46. The van der Waals surface area contributed by atoms with Crippen LogP contribution in [-0.4, -0.2) is 30.6 Å². The zero-order valence-electron chi connectivity index (χ0n) is 16.6. The largest absolute Gasteiger partial charge is 0.481 e. The van der Waals surface area contributed by atoms with Gasteiger partial charge in [0, 0.05) is 5.69 Å². The lowest BCUT2D eigenvalue weighted by Gasteiger charge is -2.14. The Labute approximate surface area is 187 Å². The molecule has 0 aliphatic rings. The van der Waals surface area contributed by atoms with Crippen LogP contribution in [-0.2, 0) is 21.2 Å². The van der Waals surface area contributed by atoms with E-state index in [1.165, 1.54) is 11.4 Å². The molecule has 2 heterocycles. The summed E-state index contributed by atoms with van der Waals surface area (Å²) in [5.41, 5.74) is 2.72. The van der Waals surface area contributed by atoms with Crippen LogP contribution in [0.5, 0.6) is 0 Å². The summed E-state index contributed by atoms with van der Waals surface area (Å²) in [4.78, 5) is 23.6. The number of hydrogen-bond acceptors (Lipinski definition) is 7. The monoisotopic (exact) mass is 483 g/mol. The van der Waals surface area contributed by atoms with Crippen molar-refractivity contribution in [1.29, 1.82) is 0 Å². The van der Waals surface area contributed by atoms with Crippen LogP contribution in [0.15, 0.2) is 33.0 Å². The number of carboxylic acids is 1. The van der Waals surface area contributed by atoms with E-state index in [2.05, 4.69) is 15.2 Å². The number of carbonyl (C=O) groups excluding carboxylic acids is 1. The predicted octanol–water partition coefficient (Wildman–Crippen LogP) is 3.99. The van der Waals surface area contributed by atoms with Crippen LogP contribution in [0.4, 0.5) is 11.6 Å². The number of benzene rings is 1. The molecule has 0 radical (unpaired) electrons. The number of aliphatic carboxylic acids is 1. The topological polar surface area (TPSA) is 139 Å². The van der Waals surface area contributed by atoms with Gasteiger partial charge in [-0.05, 0) is 48.9 Å². The van der Waals surface area contributed by atoms with Gasteiger partial charge in [0.2, 0.25) is 0 Å². The quantitative estimate of drug-likeness (QED) is 0.461. The van der Waals surface area contributed by atoms with E-state index in [9.17, 15) is 18.0 Å². The van der Waals surface area contributed by atoms with Gasteiger partial charge in [0.05, 0.1) is 6.42 Å². The number of sulfonamides is 1. The van der Waals surface area contributed by atoms with Gasteiger partial charge in [0.15, 0.2) is 0 Å². The van der Waals surface area contributed by atoms with Crippen LogP contribution < -0.4 is 10.0 Å². The first-order chi connectivity index (χ1) is 14.5. The minimum Gasteiger partial charge on any atom is -0.481 e. The molecule has 0 fully saturated rings. The van der Waals surface area contributed by atoms with E-state index in [1.54, 1.807) is 32.9 Å². The van der Waals surface area contributed by atoms with Crippen LogP contribution >= 0.6 is 22.9 Å². The summed E-state index contributed by atoms with van der Waals surface area (Å²) in [6.07, 6.45) is -0.140. The van der Waals surface area contributed by atoms with Crippen LogP contribution in [0.1, 0.15) is 32.1 Å². The van der Waals surface area contributed by atoms with Crippen molar-refractivity contribution in [1.82, 2.24) is 5.16 Å². The highest BCUT2D eigenvalue weighted by Gasteiger charge is 2.27. The van der Waals surface area contributed by atoms with Gasteiger partial charge < -0.3 is 14.9 Å². The highest BCUT2D eigenvalue weighted by molar-refractivity contribution is 7.93. The van der Waals surface area contributed by atoms with Crippen molar-refractivity contribution in [3.8, 4) is 0 Å². The number of halogens is 1. The molecule has 0 saturated heterocycles. The number of thiophene rings is 1. The Balaban J connectivity index is 1.87. The molecular weight excluding hydrogens is 466 g/mol. The Morgan fingerprint density at radius 1 is 1.23 bits per heavy atom. The van der Waals surface area contributed by atoms with Crippen LogP contribution in [0.25, 0.3) is 0 Å². The second-order valence-electron chi connectivity index (χ2n) is 6.76. The van der Waals surface area contributed by atoms with Crippen molar-refractivity contribution >= 4 is 56.4 Å². The zero-order chi connectivity index (χ0) is 22.9. The van der Waals surface area contributed by atoms with E-state index in [4.69, 9.17) is 21.2 Å². The first-order valence-corrected chi connectivity index (χ1v) is 11.6. The number of nitrogens with one attached hydrogen (secondary N) is 2. The maximum absolute atomic E-state index is 12.9. The fourth-order valence-electron chi connectivity index (χ4n) is 2.97. The Morgan fingerprint density at radius 2 is 1.87 bits per heavy atom. The number of amides is 1. The Bertz CT molecular complexity index is 1260. The lowest BCUT2D eigenvalue weighted by atomic mass is 10.0. The van der Waals surface area contributed by atoms with Crippen molar-refractivity contribution in [3.63, 3.8) is 0 Å². The lowest BCUT2D eigenvalue weighted by Crippen LogP contribution is -2.19. The molecular formula is C19H18ClN3O6S2. The second kappa shape index (κ2) is 8.69. The van der Waals surface area contributed by atoms with Crippen molar-refractivity contribution in [2.24, 2.45) is 0 Å². The highest BCUT2D eigenvalue weighted by Crippen LogP contribution is 2.31. The summed E-state index contributed by atoms with van der Waals surface area (Å²) in [6.45, 7) is 5.02. The number of hydrogen-bond donors (Lipinski definition) is 3.